The third kappa shape index (κ3) is 72.8. The summed E-state index contributed by atoms with van der Waals surface area (Å²) in [5.41, 5.74) is 0. The number of hydrogen-bond donors (Lipinski definition) is 3. The van der Waals surface area contributed by atoms with Crippen LogP contribution >= 0.6 is 15.6 Å². The zero-order valence-corrected chi connectivity index (χ0v) is 66.8. The standard InChI is InChI=1S/C80H156O17P2/c1-8-10-11-12-13-14-15-16-17-20-23-26-32-40-47-54-61-77(82)90-67-75(96-79(84)63-56-49-42-33-27-24-21-18-19-22-25-30-37-44-51-58-71(3)4)69-94-98(86,87)92-65-74(81)66-93-99(88,89)95-70-76(68-91-78(83)62-55-48-41-36-35-39-46-53-60-73(7)9-2)97-80(85)64-57-50-43-34-29-28-31-38-45-52-59-72(5)6/h71-76,81H,8-70H2,1-7H3,(H,86,87)(H,88,89)/t73?,74-,75-,76-/m1/s1. The fraction of sp³-hybridized carbons (Fsp3) is 0.950. The Morgan fingerprint density at radius 3 is 0.768 bits per heavy atom. The van der Waals surface area contributed by atoms with E-state index in [4.69, 9.17) is 37.0 Å². The Balaban J connectivity index is 5.26. The number of aliphatic hydroxyl groups is 1. The molecule has 0 aromatic carbocycles. The van der Waals surface area contributed by atoms with Crippen molar-refractivity contribution in [3.05, 3.63) is 0 Å². The average Bonchev–Trinajstić information content (AvgIpc) is 0.999. The first-order chi connectivity index (χ1) is 47.8. The van der Waals surface area contributed by atoms with E-state index < -0.39 is 97.5 Å². The molecule has 3 N–H and O–H groups in total. The number of carbonyl (C=O) groups is 4. The van der Waals surface area contributed by atoms with Crippen molar-refractivity contribution in [2.45, 2.75) is 433 Å². The minimum Gasteiger partial charge on any atom is -0.462 e. The molecule has 0 heterocycles. The van der Waals surface area contributed by atoms with E-state index in [0.29, 0.717) is 25.7 Å². The van der Waals surface area contributed by atoms with Gasteiger partial charge >= 0.3 is 39.5 Å². The van der Waals surface area contributed by atoms with Gasteiger partial charge in [0, 0.05) is 25.7 Å². The van der Waals surface area contributed by atoms with E-state index in [9.17, 15) is 43.2 Å². The lowest BCUT2D eigenvalue weighted by atomic mass is 9.99. The van der Waals surface area contributed by atoms with Gasteiger partial charge in [0.15, 0.2) is 12.2 Å². The third-order valence-corrected chi connectivity index (χ3v) is 20.9. The van der Waals surface area contributed by atoms with Gasteiger partial charge in [0.2, 0.25) is 0 Å². The topological polar surface area (TPSA) is 237 Å². The molecule has 0 bridgehead atoms. The van der Waals surface area contributed by atoms with Crippen LogP contribution in [-0.2, 0) is 65.4 Å². The second kappa shape index (κ2) is 70.4. The molecule has 19 heteroatoms. The molecule has 0 radical (unpaired) electrons. The van der Waals surface area contributed by atoms with Crippen molar-refractivity contribution in [1.29, 1.82) is 0 Å². The molecular weight excluding hydrogens is 1290 g/mol. The molecule has 0 aliphatic carbocycles. The van der Waals surface area contributed by atoms with E-state index in [1.165, 1.54) is 225 Å². The molecule has 99 heavy (non-hydrogen) atoms. The van der Waals surface area contributed by atoms with Crippen LogP contribution < -0.4 is 0 Å². The maximum Gasteiger partial charge on any atom is 0.472 e. The van der Waals surface area contributed by atoms with Crippen molar-refractivity contribution in [3.63, 3.8) is 0 Å². The average molecular weight is 1450 g/mol. The molecule has 0 saturated heterocycles. The predicted octanol–water partition coefficient (Wildman–Crippen LogP) is 23.7. The number of phosphoric ester groups is 2. The van der Waals surface area contributed by atoms with Crippen molar-refractivity contribution in [2.75, 3.05) is 39.6 Å². The van der Waals surface area contributed by atoms with Crippen LogP contribution in [0.1, 0.15) is 414 Å². The molecule has 0 amide bonds. The van der Waals surface area contributed by atoms with Gasteiger partial charge in [0.05, 0.1) is 26.4 Å². The number of unbranched alkanes of at least 4 members (excludes halogenated alkanes) is 45. The van der Waals surface area contributed by atoms with Gasteiger partial charge in [0.1, 0.15) is 19.3 Å². The number of phosphoric acid groups is 2. The highest BCUT2D eigenvalue weighted by atomic mass is 31.2. The van der Waals surface area contributed by atoms with E-state index in [1.807, 2.05) is 0 Å². The number of esters is 4. The summed E-state index contributed by atoms with van der Waals surface area (Å²) in [5, 5.41) is 10.6. The SMILES string of the molecule is CCCCCCCCCCCCCCCCCCC(=O)OC[C@H](COP(=O)(O)OC[C@@H](O)COP(=O)(O)OC[C@@H](COC(=O)CCCCCCCCCCC(C)CC)OC(=O)CCCCCCCCCCCCC(C)C)OC(=O)CCCCCCCCCCCCCCCCCC(C)C. The first kappa shape index (κ1) is 97.1. The molecule has 0 fully saturated rings. The van der Waals surface area contributed by atoms with Gasteiger partial charge in [-0.15, -0.1) is 0 Å². The summed E-state index contributed by atoms with van der Waals surface area (Å²) in [5.74, 6) is 0.220. The van der Waals surface area contributed by atoms with E-state index in [-0.39, 0.29) is 25.7 Å². The van der Waals surface area contributed by atoms with Crippen LogP contribution in [0, 0.1) is 17.8 Å². The van der Waals surface area contributed by atoms with Gasteiger partial charge in [-0.2, -0.15) is 0 Å². The lowest BCUT2D eigenvalue weighted by molar-refractivity contribution is -0.161. The molecule has 0 rings (SSSR count). The van der Waals surface area contributed by atoms with E-state index >= 15 is 0 Å². The third-order valence-electron chi connectivity index (χ3n) is 19.0. The molecular formula is C80H156O17P2. The lowest BCUT2D eigenvalue weighted by Crippen LogP contribution is -2.30. The van der Waals surface area contributed by atoms with E-state index in [0.717, 1.165) is 108 Å². The van der Waals surface area contributed by atoms with Crippen molar-refractivity contribution >= 4 is 39.5 Å². The highest BCUT2D eigenvalue weighted by Gasteiger charge is 2.30. The second-order valence-corrected chi connectivity index (χ2v) is 32.9. The fourth-order valence-electron chi connectivity index (χ4n) is 12.3. The van der Waals surface area contributed by atoms with Crippen LogP contribution in [-0.4, -0.2) is 96.7 Å². The number of carbonyl (C=O) groups excluding carboxylic acids is 4. The smallest absolute Gasteiger partial charge is 0.462 e. The molecule has 0 aromatic heterocycles. The van der Waals surface area contributed by atoms with Crippen LogP contribution in [0.3, 0.4) is 0 Å². The van der Waals surface area contributed by atoms with Crippen molar-refractivity contribution < 1.29 is 80.2 Å². The van der Waals surface area contributed by atoms with Crippen LogP contribution in [0.15, 0.2) is 0 Å². The largest absolute Gasteiger partial charge is 0.472 e. The molecule has 0 aliphatic rings. The van der Waals surface area contributed by atoms with Crippen LogP contribution in [0.25, 0.3) is 0 Å². The number of ether oxygens (including phenoxy) is 4. The second-order valence-electron chi connectivity index (χ2n) is 30.0. The highest BCUT2D eigenvalue weighted by molar-refractivity contribution is 7.47. The van der Waals surface area contributed by atoms with Crippen LogP contribution in [0.5, 0.6) is 0 Å². The van der Waals surface area contributed by atoms with Crippen molar-refractivity contribution in [2.24, 2.45) is 17.8 Å². The molecule has 0 saturated carbocycles. The normalized spacial score (nSPS) is 14.3. The summed E-state index contributed by atoms with van der Waals surface area (Å²) in [6.45, 7) is 12.0. The summed E-state index contributed by atoms with van der Waals surface area (Å²) >= 11 is 0. The Labute approximate surface area is 607 Å². The summed E-state index contributed by atoms with van der Waals surface area (Å²) < 4.78 is 68.7. The Hall–Kier alpha value is -1.94. The number of hydrogen-bond acceptors (Lipinski definition) is 15. The van der Waals surface area contributed by atoms with Crippen molar-refractivity contribution in [1.82, 2.24) is 0 Å². The number of aliphatic hydroxyl groups excluding tert-OH is 1. The summed E-state index contributed by atoms with van der Waals surface area (Å²) in [7, 11) is -9.92. The summed E-state index contributed by atoms with van der Waals surface area (Å²) in [6.07, 6.45) is 58.1. The first-order valence-corrected chi connectivity index (χ1v) is 44.4. The fourth-order valence-corrected chi connectivity index (χ4v) is 13.9. The Kier molecular flexibility index (Phi) is 69.0. The van der Waals surface area contributed by atoms with Gasteiger partial charge in [0.25, 0.3) is 0 Å². The molecule has 17 nitrogen and oxygen atoms in total. The zero-order chi connectivity index (χ0) is 73.0. The number of rotatable bonds is 78. The van der Waals surface area contributed by atoms with Crippen molar-refractivity contribution in [3.8, 4) is 0 Å². The summed E-state index contributed by atoms with van der Waals surface area (Å²) in [6, 6.07) is 0. The predicted molar refractivity (Wildman–Crippen MR) is 405 cm³/mol. The Morgan fingerprint density at radius 1 is 0.293 bits per heavy atom. The van der Waals surface area contributed by atoms with Gasteiger partial charge < -0.3 is 33.8 Å². The van der Waals surface area contributed by atoms with E-state index in [2.05, 4.69) is 48.5 Å². The summed E-state index contributed by atoms with van der Waals surface area (Å²) in [4.78, 5) is 73.0. The molecule has 588 valence electrons. The maximum atomic E-state index is 13.1. The van der Waals surface area contributed by atoms with E-state index in [1.54, 1.807) is 0 Å². The molecule has 0 spiro atoms. The maximum absolute atomic E-state index is 13.1. The highest BCUT2D eigenvalue weighted by Crippen LogP contribution is 2.45. The molecule has 0 aromatic rings. The molecule has 0 aliphatic heterocycles. The molecule has 3 unspecified atom stereocenters. The van der Waals surface area contributed by atoms with Gasteiger partial charge in [-0.1, -0.05) is 363 Å². The molecule has 6 atom stereocenters. The minimum atomic E-state index is -4.96. The minimum absolute atomic E-state index is 0.106. The van der Waals surface area contributed by atoms with Crippen LogP contribution in [0.2, 0.25) is 0 Å². The Bertz CT molecular complexity index is 1920. The quantitative estimate of drug-likeness (QED) is 0.0222. The lowest BCUT2D eigenvalue weighted by Gasteiger charge is -2.21. The Morgan fingerprint density at radius 2 is 0.515 bits per heavy atom. The van der Waals surface area contributed by atoms with Gasteiger partial charge in [-0.25, -0.2) is 9.13 Å². The van der Waals surface area contributed by atoms with Crippen LogP contribution in [0.4, 0.5) is 0 Å². The monoisotopic (exact) mass is 1450 g/mol. The first-order valence-electron chi connectivity index (χ1n) is 41.4. The van der Waals surface area contributed by atoms with Gasteiger partial charge in [-0.3, -0.25) is 37.3 Å². The zero-order valence-electron chi connectivity index (χ0n) is 65.0. The van der Waals surface area contributed by atoms with Gasteiger partial charge in [-0.05, 0) is 43.4 Å².